The minimum Gasteiger partial charge on any atom is -0.453 e. The predicted molar refractivity (Wildman–Crippen MR) is 161 cm³/mol. The fraction of sp³-hybridized carbons (Fsp3) is 0.310. The van der Waals surface area contributed by atoms with Gasteiger partial charge in [-0.15, -0.1) is 0 Å². The number of methoxy groups -OCH3 is 1. The zero-order valence-electron chi connectivity index (χ0n) is 25.9. The summed E-state index contributed by atoms with van der Waals surface area (Å²) in [6.07, 6.45) is -13.4. The number of benzene rings is 1. The van der Waals surface area contributed by atoms with Crippen molar-refractivity contribution >= 4 is 52.5 Å². The highest BCUT2D eigenvalue weighted by Crippen LogP contribution is 2.48. The van der Waals surface area contributed by atoms with Gasteiger partial charge in [-0.05, 0) is 42.0 Å². The van der Waals surface area contributed by atoms with Crippen LogP contribution in [0.1, 0.15) is 43.5 Å². The van der Waals surface area contributed by atoms with Gasteiger partial charge in [-0.1, -0.05) is 34.8 Å². The van der Waals surface area contributed by atoms with Crippen LogP contribution >= 0.6 is 34.8 Å². The van der Waals surface area contributed by atoms with Crippen molar-refractivity contribution in [2.24, 2.45) is 0 Å². The molecule has 4 rings (SSSR count). The minimum atomic E-state index is -6.48. The molecule has 52 heavy (non-hydrogen) atoms. The summed E-state index contributed by atoms with van der Waals surface area (Å²) in [6.45, 7) is -2.00. The lowest BCUT2D eigenvalue weighted by molar-refractivity contribution is -0.292. The zero-order chi connectivity index (χ0) is 39.1. The molecule has 0 aliphatic heterocycles. The molecule has 10 nitrogen and oxygen atoms in total. The van der Waals surface area contributed by atoms with Gasteiger partial charge in [0.1, 0.15) is 17.1 Å². The van der Waals surface area contributed by atoms with Gasteiger partial charge < -0.3 is 9.64 Å². The van der Waals surface area contributed by atoms with E-state index in [2.05, 4.69) is 19.9 Å². The van der Waals surface area contributed by atoms with Crippen molar-refractivity contribution in [3.63, 3.8) is 0 Å². The van der Waals surface area contributed by atoms with Crippen LogP contribution in [0.25, 0.3) is 5.82 Å². The molecule has 3 heterocycles. The first-order valence-corrected chi connectivity index (χ1v) is 15.0. The van der Waals surface area contributed by atoms with Crippen LogP contribution in [-0.2, 0) is 29.5 Å². The highest BCUT2D eigenvalue weighted by molar-refractivity contribution is 6.36. The van der Waals surface area contributed by atoms with Crippen LogP contribution in [-0.4, -0.2) is 80.2 Å². The summed E-state index contributed by atoms with van der Waals surface area (Å²) in [4.78, 5) is 43.7. The average molecular weight is 812 g/mol. The van der Waals surface area contributed by atoms with E-state index in [0.717, 1.165) is 30.3 Å². The highest BCUT2D eigenvalue weighted by atomic mass is 35.5. The van der Waals surface area contributed by atoms with Crippen molar-refractivity contribution in [3.05, 3.63) is 91.6 Å². The van der Waals surface area contributed by atoms with Gasteiger partial charge in [0.15, 0.2) is 17.4 Å². The second-order valence-corrected chi connectivity index (χ2v) is 12.0. The number of nitrogens with zero attached hydrogens (tertiary/aromatic N) is 6. The summed E-state index contributed by atoms with van der Waals surface area (Å²) in [5.74, 6) is -14.1. The molecule has 0 radical (unpaired) electrons. The minimum absolute atomic E-state index is 0.0565. The Morgan fingerprint density at radius 2 is 1.48 bits per heavy atom. The zero-order valence-corrected chi connectivity index (χ0v) is 28.2. The highest BCUT2D eigenvalue weighted by Gasteiger charge is 2.64. The first kappa shape index (κ1) is 40.3. The molecule has 4 aromatic rings. The molecule has 1 aromatic carbocycles. The number of amides is 1. The summed E-state index contributed by atoms with van der Waals surface area (Å²) in [6, 6.07) is 4.92. The van der Waals surface area contributed by atoms with E-state index in [-0.39, 0.29) is 32.0 Å². The molecular formula is C29H19Cl3F10N6O4. The smallest absolute Gasteiger partial charge is 0.453 e. The average Bonchev–Trinajstić information content (AvgIpc) is 3.66. The number of likely N-dealkylation sites (N-methyl/N-ethyl adjacent to an activating group) is 1. The quantitative estimate of drug-likeness (QED) is 0.111. The van der Waals surface area contributed by atoms with Crippen molar-refractivity contribution < 1.29 is 63.0 Å². The van der Waals surface area contributed by atoms with Crippen molar-refractivity contribution in [2.75, 3.05) is 20.7 Å². The Balaban J connectivity index is 1.85. The standard InChI is InChI=1S/C29H19Cl3F10N6O4/c1-46(25(51)52-2)12-21(50)16-6-13(30)7-18(32)15(16)9-20(49)19-8-14(44-48(19)24-17(31)4-3-5-43-24)11-47-23(27(35,36)29(40,41)42)10-22(45-47)26(33,34)28(37,38)39/h3-8,10H,9,11-12H2,1-2H3. The van der Waals surface area contributed by atoms with Crippen molar-refractivity contribution in [2.45, 2.75) is 37.2 Å². The van der Waals surface area contributed by atoms with E-state index in [1.165, 1.54) is 25.2 Å². The number of rotatable bonds is 11. The summed E-state index contributed by atoms with van der Waals surface area (Å²) >= 11 is 18.6. The van der Waals surface area contributed by atoms with Gasteiger partial charge in [-0.2, -0.15) is 54.1 Å². The fourth-order valence-corrected chi connectivity index (χ4v) is 5.35. The van der Waals surface area contributed by atoms with Crippen LogP contribution in [0.5, 0.6) is 0 Å². The van der Waals surface area contributed by atoms with E-state index in [1.54, 1.807) is 0 Å². The molecule has 0 aliphatic rings. The van der Waals surface area contributed by atoms with Gasteiger partial charge in [0.2, 0.25) is 0 Å². The number of halogens is 13. The van der Waals surface area contributed by atoms with Crippen molar-refractivity contribution in [1.82, 2.24) is 29.4 Å². The van der Waals surface area contributed by atoms with E-state index in [0.29, 0.717) is 4.68 Å². The molecule has 23 heteroatoms. The lowest BCUT2D eigenvalue weighted by Gasteiger charge is -2.20. The number of hydrogen-bond acceptors (Lipinski definition) is 7. The maximum atomic E-state index is 14.5. The van der Waals surface area contributed by atoms with Crippen LogP contribution in [0.15, 0.2) is 42.6 Å². The van der Waals surface area contributed by atoms with Gasteiger partial charge in [-0.25, -0.2) is 14.5 Å². The maximum Gasteiger partial charge on any atom is 0.459 e. The van der Waals surface area contributed by atoms with Gasteiger partial charge in [0, 0.05) is 35.3 Å². The molecule has 0 fully saturated rings. The molecule has 0 unspecified atom stereocenters. The maximum absolute atomic E-state index is 14.5. The van der Waals surface area contributed by atoms with Gasteiger partial charge in [0.25, 0.3) is 0 Å². The Bertz CT molecular complexity index is 2030. The predicted octanol–water partition coefficient (Wildman–Crippen LogP) is 8.09. The summed E-state index contributed by atoms with van der Waals surface area (Å²) in [5, 5.41) is 6.21. The van der Waals surface area contributed by atoms with Crippen LogP contribution in [0.2, 0.25) is 15.1 Å². The molecule has 0 bridgehead atoms. The third-order valence-electron chi connectivity index (χ3n) is 7.10. The third kappa shape index (κ3) is 7.97. The molecule has 0 N–H and O–H groups in total. The number of pyridine rings is 1. The molecule has 0 atom stereocenters. The van der Waals surface area contributed by atoms with Gasteiger partial charge in [0.05, 0.1) is 30.9 Å². The molecule has 0 saturated heterocycles. The number of aromatic nitrogens is 5. The molecule has 0 saturated carbocycles. The fourth-order valence-electron chi connectivity index (χ4n) is 4.59. The molecule has 0 spiro atoms. The summed E-state index contributed by atoms with van der Waals surface area (Å²) < 4.78 is 141. The van der Waals surface area contributed by atoms with Crippen LogP contribution in [0.3, 0.4) is 0 Å². The monoisotopic (exact) mass is 810 g/mol. The largest absolute Gasteiger partial charge is 0.459 e. The number of Topliss-reactive ketones (excluding diaryl/α,β-unsaturated/α-hetero) is 2. The second kappa shape index (κ2) is 14.5. The normalized spacial score (nSPS) is 12.6. The van der Waals surface area contributed by atoms with E-state index >= 15 is 0 Å². The first-order valence-electron chi connectivity index (χ1n) is 13.9. The van der Waals surface area contributed by atoms with Gasteiger partial charge in [-0.3, -0.25) is 14.3 Å². The van der Waals surface area contributed by atoms with E-state index in [4.69, 9.17) is 34.8 Å². The Morgan fingerprint density at radius 1 is 0.846 bits per heavy atom. The number of carbonyl (C=O) groups is 3. The third-order valence-corrected chi connectivity index (χ3v) is 7.95. The molecule has 3 aromatic heterocycles. The topological polar surface area (TPSA) is 112 Å². The number of carbonyl (C=O) groups excluding carboxylic acids is 3. The Labute approximate surface area is 299 Å². The van der Waals surface area contributed by atoms with Crippen molar-refractivity contribution in [1.29, 1.82) is 0 Å². The van der Waals surface area contributed by atoms with E-state index in [9.17, 15) is 58.3 Å². The van der Waals surface area contributed by atoms with Gasteiger partial charge >= 0.3 is 30.3 Å². The van der Waals surface area contributed by atoms with Crippen LogP contribution < -0.4 is 0 Å². The number of ether oxygens (including phenoxy) is 1. The number of alkyl halides is 10. The molecular weight excluding hydrogens is 793 g/mol. The first-order chi connectivity index (χ1) is 23.9. The lowest BCUT2D eigenvalue weighted by atomic mass is 9.97. The van der Waals surface area contributed by atoms with Crippen LogP contribution in [0, 0.1) is 0 Å². The van der Waals surface area contributed by atoms with Crippen molar-refractivity contribution in [3.8, 4) is 5.82 Å². The second-order valence-electron chi connectivity index (χ2n) is 10.7. The Hall–Kier alpha value is -4.43. The van der Waals surface area contributed by atoms with E-state index < -0.39 is 94.9 Å². The summed E-state index contributed by atoms with van der Waals surface area (Å²) in [5.41, 5.74) is -6.49. The Kier molecular flexibility index (Phi) is 11.3. The molecule has 280 valence electrons. The number of ketones is 2. The Morgan fingerprint density at radius 3 is 2.06 bits per heavy atom. The SMILES string of the molecule is COC(=O)N(C)CC(=O)c1cc(Cl)cc(Cl)c1CC(=O)c1cc(Cn2nc(C(F)(F)C(F)(F)F)cc2C(F)(F)C(F)(F)F)nn1-c1ncccc1Cl. The van der Waals surface area contributed by atoms with Crippen LogP contribution in [0.4, 0.5) is 48.7 Å². The number of hydrogen-bond donors (Lipinski definition) is 0. The lowest BCUT2D eigenvalue weighted by Crippen LogP contribution is -2.36. The molecule has 1 amide bonds. The molecule has 0 aliphatic carbocycles. The van der Waals surface area contributed by atoms with E-state index in [1.807, 2.05) is 0 Å². The summed E-state index contributed by atoms with van der Waals surface area (Å²) in [7, 11) is 2.28.